The molecule has 0 saturated heterocycles. The van der Waals surface area contributed by atoms with Crippen LogP contribution in [0.4, 0.5) is 17.1 Å². The quantitative estimate of drug-likeness (QED) is 0.157. The zero-order valence-electron chi connectivity index (χ0n) is 32.8. The van der Waals surface area contributed by atoms with Gasteiger partial charge in [-0.2, -0.15) is 0 Å². The molecule has 0 bridgehead atoms. The Bertz CT molecular complexity index is 3320. The number of anilines is 3. The molecule has 2 nitrogen and oxygen atoms in total. The van der Waals surface area contributed by atoms with Crippen molar-refractivity contribution in [2.75, 3.05) is 4.90 Å². The standard InChI is InChI=1S/C57H40N2/c1-39-36-46(43-28-26-42(27-29-43)40-14-4-2-5-15-40)32-34-53(39)58(50-33-30-41-16-8-9-18-45(41)37-50)49-22-12-19-47(38-49)52-24-13-25-54-57(52)56-51-23-11-10-17-44(51)31-35-55(56)59(54)48-20-6-3-7-21-48/h2-38H,1H3. The van der Waals surface area contributed by atoms with Gasteiger partial charge in [-0.15, -0.1) is 0 Å². The van der Waals surface area contributed by atoms with E-state index in [4.69, 9.17) is 0 Å². The molecular weight excluding hydrogens is 713 g/mol. The Labute approximate surface area is 344 Å². The molecule has 1 aromatic heterocycles. The molecule has 1 heterocycles. The van der Waals surface area contributed by atoms with E-state index < -0.39 is 0 Å². The van der Waals surface area contributed by atoms with Gasteiger partial charge in [0.1, 0.15) is 0 Å². The second kappa shape index (κ2) is 14.4. The summed E-state index contributed by atoms with van der Waals surface area (Å²) in [5.41, 5.74) is 15.4. The predicted molar refractivity (Wildman–Crippen MR) is 252 cm³/mol. The smallest absolute Gasteiger partial charge is 0.0547 e. The Morgan fingerprint density at radius 3 is 1.75 bits per heavy atom. The van der Waals surface area contributed by atoms with E-state index in [0.29, 0.717) is 0 Å². The molecule has 0 unspecified atom stereocenters. The summed E-state index contributed by atoms with van der Waals surface area (Å²) in [5.74, 6) is 0. The average molecular weight is 753 g/mol. The van der Waals surface area contributed by atoms with E-state index in [9.17, 15) is 0 Å². The molecular formula is C57H40N2. The van der Waals surface area contributed by atoms with E-state index in [1.54, 1.807) is 0 Å². The largest absolute Gasteiger partial charge is 0.310 e. The van der Waals surface area contributed by atoms with Crippen LogP contribution in [0.2, 0.25) is 0 Å². The average Bonchev–Trinajstić information content (AvgIpc) is 3.65. The molecule has 11 rings (SSSR count). The molecule has 0 saturated carbocycles. The van der Waals surface area contributed by atoms with Crippen molar-refractivity contribution in [2.45, 2.75) is 6.92 Å². The number of aromatic nitrogens is 1. The van der Waals surface area contributed by atoms with Gasteiger partial charge in [0.15, 0.2) is 0 Å². The summed E-state index contributed by atoms with van der Waals surface area (Å²) in [7, 11) is 0. The number of benzene rings is 10. The zero-order chi connectivity index (χ0) is 39.3. The summed E-state index contributed by atoms with van der Waals surface area (Å²) < 4.78 is 2.42. The van der Waals surface area contributed by atoms with Crippen molar-refractivity contribution in [3.8, 4) is 39.1 Å². The lowest BCUT2D eigenvalue weighted by atomic mass is 9.96. The van der Waals surface area contributed by atoms with E-state index in [2.05, 4.69) is 241 Å². The Kier molecular flexibility index (Phi) is 8.41. The first-order valence-electron chi connectivity index (χ1n) is 20.3. The molecule has 0 N–H and O–H groups in total. The highest BCUT2D eigenvalue weighted by Crippen LogP contribution is 2.44. The van der Waals surface area contributed by atoms with Gasteiger partial charge in [0, 0.05) is 33.5 Å². The summed E-state index contributed by atoms with van der Waals surface area (Å²) >= 11 is 0. The van der Waals surface area contributed by atoms with E-state index >= 15 is 0 Å². The molecule has 11 aromatic rings. The van der Waals surface area contributed by atoms with E-state index in [0.717, 1.165) is 22.7 Å². The molecule has 0 atom stereocenters. The van der Waals surface area contributed by atoms with Crippen molar-refractivity contribution in [1.82, 2.24) is 4.57 Å². The van der Waals surface area contributed by atoms with E-state index in [1.165, 1.54) is 82.3 Å². The van der Waals surface area contributed by atoms with E-state index in [1.807, 2.05) is 0 Å². The Morgan fingerprint density at radius 1 is 0.356 bits per heavy atom. The monoisotopic (exact) mass is 752 g/mol. The van der Waals surface area contributed by atoms with Gasteiger partial charge in [-0.1, -0.05) is 164 Å². The molecule has 0 spiro atoms. The number of aryl methyl sites for hydroxylation is 1. The zero-order valence-corrected chi connectivity index (χ0v) is 32.8. The number of nitrogens with zero attached hydrogens (tertiary/aromatic N) is 2. The van der Waals surface area contributed by atoms with Crippen LogP contribution < -0.4 is 4.90 Å². The number of fused-ring (bicyclic) bond motifs is 6. The van der Waals surface area contributed by atoms with Crippen LogP contribution in [0.1, 0.15) is 5.56 Å². The molecule has 59 heavy (non-hydrogen) atoms. The summed E-state index contributed by atoms with van der Waals surface area (Å²) in [4.78, 5) is 2.43. The highest BCUT2D eigenvalue weighted by molar-refractivity contribution is 6.25. The van der Waals surface area contributed by atoms with Crippen LogP contribution in [-0.4, -0.2) is 4.57 Å². The molecule has 2 heteroatoms. The minimum absolute atomic E-state index is 1.11. The summed E-state index contributed by atoms with van der Waals surface area (Å²) in [6.07, 6.45) is 0. The Morgan fingerprint density at radius 2 is 0.949 bits per heavy atom. The van der Waals surface area contributed by atoms with Gasteiger partial charge < -0.3 is 9.47 Å². The molecule has 0 fully saturated rings. The van der Waals surface area contributed by atoms with Crippen molar-refractivity contribution in [3.05, 3.63) is 230 Å². The molecule has 0 aliphatic carbocycles. The maximum absolute atomic E-state index is 2.43. The van der Waals surface area contributed by atoms with Crippen LogP contribution in [0.15, 0.2) is 224 Å². The molecule has 0 aliphatic heterocycles. The lowest BCUT2D eigenvalue weighted by Crippen LogP contribution is -2.11. The lowest BCUT2D eigenvalue weighted by molar-refractivity contribution is 1.18. The first-order chi connectivity index (χ1) is 29.2. The van der Waals surface area contributed by atoms with Crippen LogP contribution in [0.5, 0.6) is 0 Å². The van der Waals surface area contributed by atoms with Crippen LogP contribution >= 0.6 is 0 Å². The van der Waals surface area contributed by atoms with Crippen LogP contribution in [-0.2, 0) is 0 Å². The number of hydrogen-bond donors (Lipinski definition) is 0. The molecule has 10 aromatic carbocycles. The predicted octanol–water partition coefficient (Wildman–Crippen LogP) is 15.9. The third-order valence-electron chi connectivity index (χ3n) is 11.9. The molecule has 278 valence electrons. The normalized spacial score (nSPS) is 11.5. The van der Waals surface area contributed by atoms with Gasteiger partial charge in [0.05, 0.1) is 11.0 Å². The molecule has 0 amide bonds. The van der Waals surface area contributed by atoms with Crippen molar-refractivity contribution < 1.29 is 0 Å². The fourth-order valence-electron chi connectivity index (χ4n) is 9.05. The van der Waals surface area contributed by atoms with Gasteiger partial charge >= 0.3 is 0 Å². The third-order valence-corrected chi connectivity index (χ3v) is 11.9. The second-order valence-corrected chi connectivity index (χ2v) is 15.4. The van der Waals surface area contributed by atoms with Crippen molar-refractivity contribution >= 4 is 60.4 Å². The number of hydrogen-bond acceptors (Lipinski definition) is 1. The molecule has 0 aliphatic rings. The Hall–Kier alpha value is -7.68. The van der Waals surface area contributed by atoms with Gasteiger partial charge in [0.2, 0.25) is 0 Å². The van der Waals surface area contributed by atoms with Crippen LogP contribution in [0.25, 0.3) is 82.4 Å². The first kappa shape index (κ1) is 34.6. The molecule has 0 radical (unpaired) electrons. The van der Waals surface area contributed by atoms with Crippen molar-refractivity contribution in [3.63, 3.8) is 0 Å². The fraction of sp³-hybridized carbons (Fsp3) is 0.0175. The summed E-state index contributed by atoms with van der Waals surface area (Å²) in [6, 6.07) is 81.7. The number of para-hydroxylation sites is 1. The highest BCUT2D eigenvalue weighted by Gasteiger charge is 2.21. The summed E-state index contributed by atoms with van der Waals surface area (Å²) in [5, 5.41) is 7.48. The topological polar surface area (TPSA) is 8.17 Å². The SMILES string of the molecule is Cc1cc(-c2ccc(-c3ccccc3)cc2)ccc1N(c1cccc(-c2cccc3c2c2c4ccccc4ccc2n3-c2ccccc2)c1)c1ccc2ccccc2c1. The van der Waals surface area contributed by atoms with Gasteiger partial charge in [-0.05, 0) is 128 Å². The van der Waals surface area contributed by atoms with Crippen molar-refractivity contribution in [2.24, 2.45) is 0 Å². The first-order valence-corrected chi connectivity index (χ1v) is 20.3. The van der Waals surface area contributed by atoms with Crippen LogP contribution in [0, 0.1) is 6.92 Å². The summed E-state index contributed by atoms with van der Waals surface area (Å²) in [6.45, 7) is 2.24. The minimum atomic E-state index is 1.11. The maximum atomic E-state index is 2.43. The van der Waals surface area contributed by atoms with Gasteiger partial charge in [0.25, 0.3) is 0 Å². The van der Waals surface area contributed by atoms with E-state index in [-0.39, 0.29) is 0 Å². The van der Waals surface area contributed by atoms with Crippen LogP contribution in [0.3, 0.4) is 0 Å². The highest BCUT2D eigenvalue weighted by atomic mass is 15.1. The lowest BCUT2D eigenvalue weighted by Gasteiger charge is -2.28. The number of rotatable bonds is 7. The minimum Gasteiger partial charge on any atom is -0.310 e. The van der Waals surface area contributed by atoms with Gasteiger partial charge in [-0.25, -0.2) is 0 Å². The fourth-order valence-corrected chi connectivity index (χ4v) is 9.05. The maximum Gasteiger partial charge on any atom is 0.0547 e. The third kappa shape index (κ3) is 6.05. The second-order valence-electron chi connectivity index (χ2n) is 15.4. The van der Waals surface area contributed by atoms with Gasteiger partial charge in [-0.3, -0.25) is 0 Å². The Balaban J connectivity index is 1.08. The van der Waals surface area contributed by atoms with Crippen molar-refractivity contribution in [1.29, 1.82) is 0 Å².